The Morgan fingerprint density at radius 2 is 2.06 bits per heavy atom. The fraction of sp³-hybridized carbons (Fsp3) is 0.381. The zero-order chi connectivity index (χ0) is 24.1. The van der Waals surface area contributed by atoms with Gasteiger partial charge in [-0.3, -0.25) is 9.69 Å². The average Bonchev–Trinajstić information content (AvgIpc) is 3.46. The fourth-order valence-corrected chi connectivity index (χ4v) is 3.75. The molecule has 2 aromatic heterocycles. The van der Waals surface area contributed by atoms with E-state index in [1.165, 1.54) is 18.0 Å². The summed E-state index contributed by atoms with van der Waals surface area (Å²) in [6.45, 7) is 3.45. The molecule has 1 fully saturated rings. The molecule has 0 aliphatic carbocycles. The highest BCUT2D eigenvalue weighted by Gasteiger charge is 2.28. The molecule has 3 aromatic rings. The van der Waals surface area contributed by atoms with Crippen LogP contribution < -0.4 is 11.2 Å². The van der Waals surface area contributed by atoms with E-state index in [4.69, 9.17) is 10.4 Å². The Morgan fingerprint density at radius 3 is 2.71 bits per heavy atom. The molecule has 1 unspecified atom stereocenters. The van der Waals surface area contributed by atoms with E-state index in [0.29, 0.717) is 29.4 Å². The Hall–Kier alpha value is -3.84. The molecule has 13 nitrogen and oxygen atoms in total. The second-order valence-electron chi connectivity index (χ2n) is 7.90. The molecule has 1 aliphatic rings. The van der Waals surface area contributed by atoms with Crippen LogP contribution in [0, 0.1) is 0 Å². The number of anilines is 1. The molecule has 1 amide bonds. The molecule has 14 heteroatoms. The number of likely N-dealkylation sites (tertiary alicyclic amines) is 1. The Labute approximate surface area is 207 Å². The zero-order valence-corrected chi connectivity index (χ0v) is 20.1. The lowest BCUT2D eigenvalue weighted by Crippen LogP contribution is -2.38. The summed E-state index contributed by atoms with van der Waals surface area (Å²) in [4.78, 5) is 26.7. The molecule has 1 aromatic carbocycles. The van der Waals surface area contributed by atoms with Crippen LogP contribution in [0.1, 0.15) is 58.3 Å². The molecule has 186 valence electrons. The van der Waals surface area contributed by atoms with E-state index in [9.17, 15) is 9.59 Å². The number of rotatable bonds is 7. The number of ether oxygens (including phenoxy) is 1. The highest BCUT2D eigenvalue weighted by Crippen LogP contribution is 2.22. The van der Waals surface area contributed by atoms with Crippen LogP contribution in [0.25, 0.3) is 5.82 Å². The summed E-state index contributed by atoms with van der Waals surface area (Å²) in [5, 5.41) is 19.5. The first kappa shape index (κ1) is 25.8. The minimum atomic E-state index is -0.539. The Bertz CT molecular complexity index is 1190. The Morgan fingerprint density at radius 1 is 1.29 bits per heavy atom. The number of aromatic nitrogens is 5. The van der Waals surface area contributed by atoms with E-state index < -0.39 is 11.9 Å². The van der Waals surface area contributed by atoms with Crippen molar-refractivity contribution in [2.24, 2.45) is 5.10 Å². The van der Waals surface area contributed by atoms with E-state index in [1.54, 1.807) is 24.3 Å². The van der Waals surface area contributed by atoms with Gasteiger partial charge in [-0.15, -0.1) is 17.5 Å². The normalized spacial score (nSPS) is 16.1. The summed E-state index contributed by atoms with van der Waals surface area (Å²) in [5.74, 6) is -0.764. The summed E-state index contributed by atoms with van der Waals surface area (Å²) < 4.78 is 10.7. The van der Waals surface area contributed by atoms with Gasteiger partial charge in [0.1, 0.15) is 0 Å². The summed E-state index contributed by atoms with van der Waals surface area (Å²) in [7, 11) is 1.32. The van der Waals surface area contributed by atoms with Gasteiger partial charge in [-0.25, -0.2) is 14.8 Å². The molecule has 0 saturated carbocycles. The summed E-state index contributed by atoms with van der Waals surface area (Å²) >= 11 is 0. The largest absolute Gasteiger partial charge is 0.465 e. The molecule has 0 spiro atoms. The van der Waals surface area contributed by atoms with Gasteiger partial charge in [-0.2, -0.15) is 9.78 Å². The summed E-state index contributed by atoms with van der Waals surface area (Å²) in [6, 6.07) is 6.92. The number of carbonyl (C=O) groups excluding carboxylic acids is 2. The lowest BCUT2D eigenvalue weighted by molar-refractivity contribution is 0.0600. The van der Waals surface area contributed by atoms with Crippen LogP contribution in [0.5, 0.6) is 0 Å². The Kier molecular flexibility index (Phi) is 8.49. The number of nitrogens with two attached hydrogens (primary N) is 1. The van der Waals surface area contributed by atoms with Gasteiger partial charge >= 0.3 is 5.97 Å². The molecule has 4 rings (SSSR count). The first-order valence-corrected chi connectivity index (χ1v) is 10.8. The molecule has 1 aliphatic heterocycles. The quantitative estimate of drug-likeness (QED) is 0.274. The number of nitrogens with zero attached hydrogens (tertiary/aromatic N) is 7. The Balaban J connectivity index is 0.00000342. The van der Waals surface area contributed by atoms with Gasteiger partial charge in [0.15, 0.2) is 5.69 Å². The van der Waals surface area contributed by atoms with Crippen LogP contribution in [0.15, 0.2) is 34.0 Å². The number of hydrazone groups is 1. The van der Waals surface area contributed by atoms with E-state index in [2.05, 4.69) is 47.7 Å². The van der Waals surface area contributed by atoms with E-state index in [1.807, 2.05) is 0 Å². The van der Waals surface area contributed by atoms with E-state index in [0.717, 1.165) is 25.8 Å². The number of hydrogen-bond acceptors (Lipinski definition) is 11. The first-order chi connectivity index (χ1) is 16.5. The molecule has 0 radical (unpaired) electrons. The third kappa shape index (κ3) is 5.81. The number of piperidine rings is 1. The number of benzene rings is 1. The van der Waals surface area contributed by atoms with Crippen molar-refractivity contribution in [3.63, 3.8) is 0 Å². The maximum Gasteiger partial charge on any atom is 0.337 e. The van der Waals surface area contributed by atoms with Gasteiger partial charge in [0, 0.05) is 12.6 Å². The number of nitrogen functional groups attached to an aromatic ring is 1. The predicted molar refractivity (Wildman–Crippen MR) is 127 cm³/mol. The van der Waals surface area contributed by atoms with Crippen LogP contribution in [0.2, 0.25) is 0 Å². The molecule has 3 N–H and O–H groups in total. The van der Waals surface area contributed by atoms with E-state index >= 15 is 0 Å². The average molecular weight is 504 g/mol. The number of nitrogens with one attached hydrogen (secondary N) is 1. The number of carbonyl (C=O) groups is 2. The molecule has 1 atom stereocenters. The second-order valence-corrected chi connectivity index (χ2v) is 7.90. The van der Waals surface area contributed by atoms with Crippen LogP contribution in [0.3, 0.4) is 0 Å². The van der Waals surface area contributed by atoms with Gasteiger partial charge in [0.05, 0.1) is 24.6 Å². The van der Waals surface area contributed by atoms with Crippen molar-refractivity contribution in [3.8, 4) is 5.82 Å². The van der Waals surface area contributed by atoms with Crippen molar-refractivity contribution in [3.05, 3.63) is 46.8 Å². The maximum atomic E-state index is 12.9. The van der Waals surface area contributed by atoms with Crippen molar-refractivity contribution < 1.29 is 19.0 Å². The van der Waals surface area contributed by atoms with Gasteiger partial charge in [-0.05, 0) is 54.3 Å². The third-order valence-corrected chi connectivity index (χ3v) is 5.68. The molecule has 35 heavy (non-hydrogen) atoms. The molecular weight excluding hydrogens is 478 g/mol. The van der Waals surface area contributed by atoms with Crippen molar-refractivity contribution in [1.82, 2.24) is 35.6 Å². The van der Waals surface area contributed by atoms with E-state index in [-0.39, 0.29) is 29.7 Å². The number of halogens is 1. The van der Waals surface area contributed by atoms with Crippen molar-refractivity contribution in [2.45, 2.75) is 38.8 Å². The second kappa shape index (κ2) is 11.5. The standard InChI is InChI=1S/C21H25N9O4.ClH/c1-13-5-3-4-10-29(13)12-16-17(24-28-30(16)19-18(22)26-34-27-19)20(31)25-23-11-14-6-8-15(9-7-14)21(32)33-2;/h6-9,11,13H,3-5,10,12H2,1-2H3,(H2,22,26)(H,25,31);1H/b23-11-;. The van der Waals surface area contributed by atoms with Crippen molar-refractivity contribution in [1.29, 1.82) is 0 Å². The van der Waals surface area contributed by atoms with Gasteiger partial charge < -0.3 is 10.5 Å². The number of methoxy groups -OCH3 is 1. The van der Waals surface area contributed by atoms with Gasteiger partial charge in [0.2, 0.25) is 11.6 Å². The molecular formula is C21H26ClN9O4. The lowest BCUT2D eigenvalue weighted by Gasteiger charge is -2.33. The third-order valence-electron chi connectivity index (χ3n) is 5.68. The first-order valence-electron chi connectivity index (χ1n) is 10.8. The smallest absolute Gasteiger partial charge is 0.337 e. The lowest BCUT2D eigenvalue weighted by atomic mass is 10.0. The van der Waals surface area contributed by atoms with Gasteiger partial charge in [0.25, 0.3) is 5.91 Å². The predicted octanol–water partition coefficient (Wildman–Crippen LogP) is 1.58. The minimum Gasteiger partial charge on any atom is -0.465 e. The van der Waals surface area contributed by atoms with Crippen LogP contribution in [-0.2, 0) is 11.3 Å². The number of amides is 1. The molecule has 0 bridgehead atoms. The van der Waals surface area contributed by atoms with Crippen LogP contribution in [-0.4, -0.2) is 68.0 Å². The monoisotopic (exact) mass is 503 g/mol. The highest BCUT2D eigenvalue weighted by atomic mass is 35.5. The van der Waals surface area contributed by atoms with Crippen molar-refractivity contribution >= 4 is 36.3 Å². The molecule has 3 heterocycles. The van der Waals surface area contributed by atoms with Crippen molar-refractivity contribution in [2.75, 3.05) is 19.4 Å². The summed E-state index contributed by atoms with van der Waals surface area (Å²) in [6.07, 6.45) is 4.75. The van der Waals surface area contributed by atoms with Gasteiger partial charge in [-0.1, -0.05) is 23.8 Å². The fourth-order valence-electron chi connectivity index (χ4n) is 3.75. The number of hydrogen-bond donors (Lipinski definition) is 2. The SMILES string of the molecule is COC(=O)c1ccc(/C=N\NC(=O)c2nnn(-c3nonc3N)c2CN2CCCCC2C)cc1.Cl. The number of esters is 1. The van der Waals surface area contributed by atoms with Crippen LogP contribution in [0.4, 0.5) is 5.82 Å². The summed E-state index contributed by atoms with van der Waals surface area (Å²) in [5.41, 5.74) is 10.0. The van der Waals surface area contributed by atoms with Crippen LogP contribution >= 0.6 is 12.4 Å². The topological polar surface area (TPSA) is 167 Å². The highest BCUT2D eigenvalue weighted by molar-refractivity contribution is 5.94. The maximum absolute atomic E-state index is 12.9. The zero-order valence-electron chi connectivity index (χ0n) is 19.2. The minimum absolute atomic E-state index is 0. The molecule has 1 saturated heterocycles.